The summed E-state index contributed by atoms with van der Waals surface area (Å²) in [5, 5.41) is 24.5. The van der Waals surface area contributed by atoms with Gasteiger partial charge >= 0.3 is 0 Å². The Balaban J connectivity index is 2.84. The van der Waals surface area contributed by atoms with Crippen molar-refractivity contribution < 1.29 is 19.7 Å². The summed E-state index contributed by atoms with van der Waals surface area (Å²) in [6.45, 7) is 0. The molecule has 10 heteroatoms. The van der Waals surface area contributed by atoms with Crippen LogP contribution in [0.1, 0.15) is 10.4 Å². The maximum Gasteiger partial charge on any atom is 0.297 e. The SMILES string of the molecule is O=C1Nc2cc(Br)c(Br)c([N+](=O)[O-])c2C(=O)/C1=N/O. The molecule has 1 heterocycles. The predicted molar refractivity (Wildman–Crippen MR) is 70.7 cm³/mol. The van der Waals surface area contributed by atoms with Crippen LogP contribution in [0.15, 0.2) is 20.2 Å². The number of benzene rings is 1. The summed E-state index contributed by atoms with van der Waals surface area (Å²) < 4.78 is 0.355. The molecule has 0 fully saturated rings. The lowest BCUT2D eigenvalue weighted by Crippen LogP contribution is -2.36. The molecule has 1 aliphatic heterocycles. The van der Waals surface area contributed by atoms with Crippen LogP contribution in [0, 0.1) is 10.1 Å². The molecule has 0 saturated carbocycles. The first-order valence-electron chi connectivity index (χ1n) is 4.63. The molecule has 19 heavy (non-hydrogen) atoms. The minimum absolute atomic E-state index is 0.0239. The van der Waals surface area contributed by atoms with Crippen LogP contribution in [0.4, 0.5) is 11.4 Å². The van der Waals surface area contributed by atoms with Crippen LogP contribution < -0.4 is 5.32 Å². The number of carbonyl (C=O) groups excluding carboxylic acids is 2. The van der Waals surface area contributed by atoms with Crippen LogP contribution in [0.5, 0.6) is 0 Å². The molecular weight excluding hydrogens is 390 g/mol. The number of nitro groups is 1. The van der Waals surface area contributed by atoms with E-state index in [1.807, 2.05) is 0 Å². The van der Waals surface area contributed by atoms with Gasteiger partial charge in [0.15, 0.2) is 0 Å². The average molecular weight is 393 g/mol. The first kappa shape index (κ1) is 13.6. The summed E-state index contributed by atoms with van der Waals surface area (Å²) in [5.41, 5.74) is -1.68. The highest BCUT2D eigenvalue weighted by Crippen LogP contribution is 2.41. The molecule has 1 aromatic carbocycles. The van der Waals surface area contributed by atoms with Crippen molar-refractivity contribution in [2.75, 3.05) is 5.32 Å². The minimum atomic E-state index is -1.01. The van der Waals surface area contributed by atoms with Gasteiger partial charge in [-0.3, -0.25) is 19.7 Å². The molecule has 0 aliphatic carbocycles. The largest absolute Gasteiger partial charge is 0.410 e. The van der Waals surface area contributed by atoms with E-state index in [-0.39, 0.29) is 15.7 Å². The smallest absolute Gasteiger partial charge is 0.297 e. The zero-order valence-corrected chi connectivity index (χ0v) is 12.0. The van der Waals surface area contributed by atoms with Gasteiger partial charge in [0.05, 0.1) is 10.6 Å². The molecule has 0 spiro atoms. The quantitative estimate of drug-likeness (QED) is 0.430. The molecule has 0 radical (unpaired) electrons. The highest BCUT2D eigenvalue weighted by molar-refractivity contribution is 9.13. The van der Waals surface area contributed by atoms with Crippen molar-refractivity contribution in [2.24, 2.45) is 5.16 Å². The number of carbonyl (C=O) groups is 2. The molecule has 2 N–H and O–H groups in total. The number of halogens is 2. The Kier molecular flexibility index (Phi) is 3.37. The number of Topliss-reactive ketones (excluding diaryl/α,β-unsaturated/α-hetero) is 1. The van der Waals surface area contributed by atoms with E-state index in [0.29, 0.717) is 4.47 Å². The van der Waals surface area contributed by atoms with Crippen LogP contribution in [-0.2, 0) is 4.79 Å². The number of nitrogens with one attached hydrogen (secondary N) is 1. The molecule has 1 amide bonds. The van der Waals surface area contributed by atoms with Gasteiger partial charge in [0.2, 0.25) is 11.5 Å². The molecule has 98 valence electrons. The molecule has 8 nitrogen and oxygen atoms in total. The van der Waals surface area contributed by atoms with Gasteiger partial charge < -0.3 is 10.5 Å². The number of anilines is 1. The number of fused-ring (bicyclic) bond motifs is 1. The van der Waals surface area contributed by atoms with Gasteiger partial charge in [0.25, 0.3) is 11.6 Å². The monoisotopic (exact) mass is 391 g/mol. The van der Waals surface area contributed by atoms with E-state index >= 15 is 0 Å². The standard InChI is InChI=1S/C9H3Br2N3O5/c10-2-1-3-4(7(5(2)11)14(18)19)8(15)6(13-17)9(16)12-3/h1,17H,(H,12,16)/b13-6-. The Bertz CT molecular complexity index is 670. The third-order valence-electron chi connectivity index (χ3n) is 2.38. The number of oxime groups is 1. The van der Waals surface area contributed by atoms with Crippen molar-refractivity contribution in [3.63, 3.8) is 0 Å². The van der Waals surface area contributed by atoms with Crippen LogP contribution in [0.25, 0.3) is 0 Å². The lowest BCUT2D eigenvalue weighted by atomic mass is 9.98. The summed E-state index contributed by atoms with van der Waals surface area (Å²) in [6, 6.07) is 1.34. The Morgan fingerprint density at radius 1 is 1.37 bits per heavy atom. The third kappa shape index (κ3) is 2.02. The lowest BCUT2D eigenvalue weighted by molar-refractivity contribution is -0.385. The van der Waals surface area contributed by atoms with Gasteiger partial charge in [0.1, 0.15) is 10.0 Å². The maximum absolute atomic E-state index is 12.0. The Morgan fingerprint density at radius 2 is 2.00 bits per heavy atom. The summed E-state index contributed by atoms with van der Waals surface area (Å²) in [7, 11) is 0. The second-order valence-corrected chi connectivity index (χ2v) is 5.08. The van der Waals surface area contributed by atoms with Crippen molar-refractivity contribution in [3.05, 3.63) is 30.7 Å². The van der Waals surface area contributed by atoms with E-state index in [9.17, 15) is 19.7 Å². The van der Waals surface area contributed by atoms with Gasteiger partial charge in [-0.15, -0.1) is 0 Å². The van der Waals surface area contributed by atoms with Crippen LogP contribution in [0.2, 0.25) is 0 Å². The summed E-state index contributed by atoms with van der Waals surface area (Å²) >= 11 is 6.06. The second-order valence-electron chi connectivity index (χ2n) is 3.43. The van der Waals surface area contributed by atoms with Gasteiger partial charge in [-0.2, -0.15) is 0 Å². The van der Waals surface area contributed by atoms with E-state index in [0.717, 1.165) is 0 Å². The van der Waals surface area contributed by atoms with Gasteiger partial charge in [-0.25, -0.2) is 0 Å². The topological polar surface area (TPSA) is 122 Å². The van der Waals surface area contributed by atoms with Crippen molar-refractivity contribution in [3.8, 4) is 0 Å². The molecule has 1 aliphatic rings. The zero-order chi connectivity index (χ0) is 14.3. The van der Waals surface area contributed by atoms with E-state index in [1.165, 1.54) is 6.07 Å². The number of ketones is 1. The average Bonchev–Trinajstić information content (AvgIpc) is 2.32. The fourth-order valence-electron chi connectivity index (χ4n) is 1.61. The zero-order valence-electron chi connectivity index (χ0n) is 8.81. The normalized spacial score (nSPS) is 16.2. The van der Waals surface area contributed by atoms with Gasteiger partial charge in [-0.1, -0.05) is 5.16 Å². The maximum atomic E-state index is 12.0. The number of hydrogen-bond donors (Lipinski definition) is 2. The van der Waals surface area contributed by atoms with E-state index in [4.69, 9.17) is 5.21 Å². The van der Waals surface area contributed by atoms with Crippen molar-refractivity contribution in [1.29, 1.82) is 0 Å². The first-order chi connectivity index (χ1) is 8.88. The van der Waals surface area contributed by atoms with Gasteiger partial charge in [0, 0.05) is 4.47 Å². The number of nitrogens with zero attached hydrogens (tertiary/aromatic N) is 2. The Hall–Kier alpha value is -1.81. The minimum Gasteiger partial charge on any atom is -0.410 e. The Morgan fingerprint density at radius 3 is 2.53 bits per heavy atom. The highest BCUT2D eigenvalue weighted by atomic mass is 79.9. The molecule has 1 aromatic rings. The van der Waals surface area contributed by atoms with Crippen LogP contribution in [0.3, 0.4) is 0 Å². The highest BCUT2D eigenvalue weighted by Gasteiger charge is 2.39. The fraction of sp³-hybridized carbons (Fsp3) is 0. The van der Waals surface area contributed by atoms with E-state index < -0.39 is 28.0 Å². The molecule has 0 atom stereocenters. The first-order valence-corrected chi connectivity index (χ1v) is 6.21. The number of amides is 1. The summed E-state index contributed by atoms with van der Waals surface area (Å²) in [5.74, 6) is -1.94. The predicted octanol–water partition coefficient (Wildman–Crippen LogP) is 2.08. The molecule has 0 aromatic heterocycles. The summed E-state index contributed by atoms with van der Waals surface area (Å²) in [4.78, 5) is 33.7. The second kappa shape index (κ2) is 4.70. The number of hydrogen-bond acceptors (Lipinski definition) is 6. The summed E-state index contributed by atoms with van der Waals surface area (Å²) in [6.07, 6.45) is 0. The van der Waals surface area contributed by atoms with Crippen molar-refractivity contribution >= 4 is 60.6 Å². The van der Waals surface area contributed by atoms with Crippen molar-refractivity contribution in [2.45, 2.75) is 0 Å². The van der Waals surface area contributed by atoms with Crippen molar-refractivity contribution in [1.82, 2.24) is 0 Å². The molecular formula is C9H3Br2N3O5. The third-order valence-corrected chi connectivity index (χ3v) is 4.34. The molecule has 0 saturated heterocycles. The van der Waals surface area contributed by atoms with E-state index in [1.54, 1.807) is 0 Å². The fourth-order valence-corrected chi connectivity index (χ4v) is 2.48. The Labute approximate surface area is 121 Å². The van der Waals surface area contributed by atoms with Crippen LogP contribution >= 0.6 is 31.9 Å². The number of nitro benzene ring substituents is 1. The number of rotatable bonds is 1. The van der Waals surface area contributed by atoms with Crippen LogP contribution in [-0.4, -0.2) is 27.5 Å². The molecule has 0 bridgehead atoms. The molecule has 2 rings (SSSR count). The lowest BCUT2D eigenvalue weighted by Gasteiger charge is -2.17. The van der Waals surface area contributed by atoms with E-state index in [2.05, 4.69) is 42.3 Å². The van der Waals surface area contributed by atoms with Gasteiger partial charge in [-0.05, 0) is 37.9 Å². The molecule has 0 unspecified atom stereocenters.